The molecule has 1 heterocycles. The van der Waals surface area contributed by atoms with Crippen LogP contribution >= 0.6 is 23.1 Å². The largest absolute Gasteiger partial charge is 0.395 e. The van der Waals surface area contributed by atoms with E-state index in [9.17, 15) is 9.59 Å². The van der Waals surface area contributed by atoms with E-state index in [1.54, 1.807) is 6.07 Å². The van der Waals surface area contributed by atoms with E-state index in [0.717, 1.165) is 36.4 Å². The number of nitrogens with two attached hydrogens (primary N) is 1. The number of benzene rings is 1. The van der Waals surface area contributed by atoms with Crippen molar-refractivity contribution in [1.82, 2.24) is 15.0 Å². The van der Waals surface area contributed by atoms with Crippen LogP contribution in [0, 0.1) is 5.92 Å². The van der Waals surface area contributed by atoms with Gasteiger partial charge in [-0.15, -0.1) is 0 Å². The first kappa shape index (κ1) is 19.6. The van der Waals surface area contributed by atoms with E-state index in [1.807, 2.05) is 18.2 Å². The summed E-state index contributed by atoms with van der Waals surface area (Å²) in [6, 6.07) is 7.40. The Hall–Kier alpha value is -2.12. The first-order valence-corrected chi connectivity index (χ1v) is 10.2. The smallest absolute Gasteiger partial charge is 0.273 e. The Balaban J connectivity index is 1.64. The highest BCUT2D eigenvalue weighted by Gasteiger charge is 2.27. The summed E-state index contributed by atoms with van der Waals surface area (Å²) in [5.74, 6) is -0.238. The number of hydrogen-bond acceptors (Lipinski definition) is 5. The van der Waals surface area contributed by atoms with E-state index < -0.39 is 5.91 Å². The van der Waals surface area contributed by atoms with Crippen LogP contribution < -0.4 is 16.4 Å². The van der Waals surface area contributed by atoms with E-state index in [2.05, 4.69) is 21.9 Å². The summed E-state index contributed by atoms with van der Waals surface area (Å²) in [6.45, 7) is 2.41. The number of carbonyl (C=O) groups excluding carboxylic acids is 2. The number of hydrogen-bond donors (Lipinski definition) is 3. The van der Waals surface area contributed by atoms with E-state index in [4.69, 9.17) is 17.3 Å². The van der Waals surface area contributed by atoms with Gasteiger partial charge in [-0.3, -0.25) is 9.59 Å². The Morgan fingerprint density at radius 2 is 2.00 bits per heavy atom. The van der Waals surface area contributed by atoms with E-state index in [-0.39, 0.29) is 34.8 Å². The van der Waals surface area contributed by atoms with Crippen molar-refractivity contribution in [3.05, 3.63) is 45.4 Å². The minimum absolute atomic E-state index is 0.0777. The molecule has 1 fully saturated rings. The molecule has 6 nitrogen and oxygen atoms in total. The van der Waals surface area contributed by atoms with Crippen molar-refractivity contribution in [3.63, 3.8) is 0 Å². The number of amides is 2. The van der Waals surface area contributed by atoms with Gasteiger partial charge in [-0.05, 0) is 41.9 Å². The molecule has 0 radical (unpaired) electrons. The lowest BCUT2D eigenvalue weighted by molar-refractivity contribution is 0.0915. The van der Waals surface area contributed by atoms with Gasteiger partial charge in [0.1, 0.15) is 4.88 Å². The van der Waals surface area contributed by atoms with Crippen molar-refractivity contribution in [2.24, 2.45) is 5.92 Å². The molecule has 2 aromatic rings. The summed E-state index contributed by atoms with van der Waals surface area (Å²) < 4.78 is 4.09. The molecule has 1 aliphatic carbocycles. The molecule has 144 valence electrons. The Kier molecular flexibility index (Phi) is 6.34. The zero-order valence-electron chi connectivity index (χ0n) is 15.1. The van der Waals surface area contributed by atoms with Crippen LogP contribution in [-0.2, 0) is 6.54 Å². The molecule has 0 aliphatic heterocycles. The van der Waals surface area contributed by atoms with Gasteiger partial charge in [0.2, 0.25) is 0 Å². The molecule has 2 amide bonds. The molecule has 4 N–H and O–H groups in total. The second kappa shape index (κ2) is 8.71. The third kappa shape index (κ3) is 4.59. The number of nitrogen functional groups attached to an aromatic ring is 1. The molecule has 2 atom stereocenters. The Morgan fingerprint density at radius 1 is 1.26 bits per heavy atom. The lowest BCUT2D eigenvalue weighted by Gasteiger charge is -2.29. The zero-order chi connectivity index (χ0) is 19.4. The van der Waals surface area contributed by atoms with Crippen LogP contribution in [0.1, 0.15) is 58.3 Å². The summed E-state index contributed by atoms with van der Waals surface area (Å²) in [5.41, 5.74) is 7.04. The lowest BCUT2D eigenvalue weighted by atomic mass is 9.86. The van der Waals surface area contributed by atoms with Crippen molar-refractivity contribution >= 4 is 40.6 Å². The van der Waals surface area contributed by atoms with E-state index in [1.165, 1.54) is 6.42 Å². The average Bonchev–Trinajstić information content (AvgIpc) is 3.04. The molecular formula is C19H23ClN4O2S. The number of rotatable bonds is 5. The number of carbonyl (C=O) groups is 2. The number of aromatic nitrogens is 1. The maximum absolute atomic E-state index is 12.6. The summed E-state index contributed by atoms with van der Waals surface area (Å²) in [5, 5.41) is 6.37. The average molecular weight is 407 g/mol. The van der Waals surface area contributed by atoms with Crippen molar-refractivity contribution in [1.29, 1.82) is 0 Å². The summed E-state index contributed by atoms with van der Waals surface area (Å²) >= 11 is 7.05. The summed E-state index contributed by atoms with van der Waals surface area (Å²) in [4.78, 5) is 25.3. The van der Waals surface area contributed by atoms with Gasteiger partial charge in [-0.25, -0.2) is 0 Å². The molecular weight excluding hydrogens is 384 g/mol. The first-order chi connectivity index (χ1) is 13.0. The van der Waals surface area contributed by atoms with Crippen molar-refractivity contribution in [2.75, 3.05) is 5.73 Å². The third-order valence-corrected chi connectivity index (χ3v) is 6.20. The summed E-state index contributed by atoms with van der Waals surface area (Å²) in [6.07, 6.45) is 4.39. The van der Waals surface area contributed by atoms with Gasteiger partial charge >= 0.3 is 0 Å². The van der Waals surface area contributed by atoms with Crippen molar-refractivity contribution in [3.8, 4) is 0 Å². The maximum atomic E-state index is 12.6. The fourth-order valence-corrected chi connectivity index (χ4v) is 4.19. The Labute approximate surface area is 167 Å². The van der Waals surface area contributed by atoms with Crippen LogP contribution in [0.4, 0.5) is 5.69 Å². The molecule has 27 heavy (non-hydrogen) atoms. The topological polar surface area (TPSA) is 97.1 Å². The minimum atomic E-state index is -0.422. The van der Waals surface area contributed by atoms with Gasteiger partial charge < -0.3 is 16.4 Å². The lowest BCUT2D eigenvalue weighted by Crippen LogP contribution is -2.41. The van der Waals surface area contributed by atoms with Gasteiger partial charge in [-0.1, -0.05) is 49.6 Å². The van der Waals surface area contributed by atoms with Crippen molar-refractivity contribution < 1.29 is 9.59 Å². The Morgan fingerprint density at radius 3 is 2.74 bits per heavy atom. The highest BCUT2D eigenvalue weighted by Crippen LogP contribution is 2.26. The maximum Gasteiger partial charge on any atom is 0.273 e. The SMILES string of the molecule is C[C@H]1CCCC[C@@H]1NC(=O)c1snc(C(=O)NCc2ccccc2Cl)c1N. The second-order valence-corrected chi connectivity index (χ2v) is 8.07. The molecule has 3 rings (SSSR count). The highest BCUT2D eigenvalue weighted by atomic mass is 35.5. The normalized spacial score (nSPS) is 19.5. The predicted molar refractivity (Wildman–Crippen MR) is 108 cm³/mol. The van der Waals surface area contributed by atoms with Gasteiger partial charge in [0.05, 0.1) is 5.69 Å². The fourth-order valence-electron chi connectivity index (χ4n) is 3.29. The van der Waals surface area contributed by atoms with Crippen LogP contribution in [0.15, 0.2) is 24.3 Å². The monoisotopic (exact) mass is 406 g/mol. The van der Waals surface area contributed by atoms with Gasteiger partial charge in [0, 0.05) is 17.6 Å². The number of nitrogens with zero attached hydrogens (tertiary/aromatic N) is 1. The molecule has 1 aromatic heterocycles. The van der Waals surface area contributed by atoms with Crippen LogP contribution in [0.5, 0.6) is 0 Å². The quantitative estimate of drug-likeness (QED) is 0.706. The highest BCUT2D eigenvalue weighted by molar-refractivity contribution is 7.09. The molecule has 0 bridgehead atoms. The van der Waals surface area contributed by atoms with Gasteiger partial charge in [-0.2, -0.15) is 4.37 Å². The number of nitrogens with one attached hydrogen (secondary N) is 2. The fraction of sp³-hybridized carbons (Fsp3) is 0.421. The molecule has 1 aromatic carbocycles. The van der Waals surface area contributed by atoms with Crippen LogP contribution in [0.3, 0.4) is 0 Å². The van der Waals surface area contributed by atoms with Crippen LogP contribution in [0.2, 0.25) is 5.02 Å². The molecule has 0 saturated heterocycles. The van der Waals surface area contributed by atoms with E-state index >= 15 is 0 Å². The Bertz CT molecular complexity index is 839. The van der Waals surface area contributed by atoms with Crippen LogP contribution in [-0.4, -0.2) is 22.2 Å². The summed E-state index contributed by atoms with van der Waals surface area (Å²) in [7, 11) is 0. The zero-order valence-corrected chi connectivity index (χ0v) is 16.7. The van der Waals surface area contributed by atoms with Gasteiger partial charge in [0.15, 0.2) is 5.69 Å². The minimum Gasteiger partial charge on any atom is -0.395 e. The van der Waals surface area contributed by atoms with Gasteiger partial charge in [0.25, 0.3) is 11.8 Å². The van der Waals surface area contributed by atoms with Crippen molar-refractivity contribution in [2.45, 2.75) is 45.2 Å². The number of halogens is 1. The molecule has 0 unspecified atom stereocenters. The number of anilines is 1. The van der Waals surface area contributed by atoms with Crippen LogP contribution in [0.25, 0.3) is 0 Å². The predicted octanol–water partition coefficient (Wildman–Crippen LogP) is 3.62. The third-order valence-electron chi connectivity index (χ3n) is 4.97. The van der Waals surface area contributed by atoms with E-state index in [0.29, 0.717) is 10.9 Å². The second-order valence-electron chi connectivity index (χ2n) is 6.89. The molecule has 1 saturated carbocycles. The first-order valence-electron chi connectivity index (χ1n) is 9.05. The molecule has 1 aliphatic rings. The molecule has 0 spiro atoms. The molecule has 8 heteroatoms. The standard InChI is InChI=1S/C19H23ClN4O2S/c1-11-6-2-5-9-14(11)23-19(26)17-15(21)16(24-27-17)18(25)22-10-12-7-3-4-8-13(12)20/h3-4,7-8,11,14H,2,5-6,9-10,21H2,1H3,(H,22,25)(H,23,26)/t11-,14-/m0/s1.